The molecule has 0 aliphatic carbocycles. The summed E-state index contributed by atoms with van der Waals surface area (Å²) >= 11 is 1.70. The molecule has 1 atom stereocenters. The number of nitrogens with one attached hydrogen (secondary N) is 1. The van der Waals surface area contributed by atoms with Crippen LogP contribution in [-0.2, 0) is 0 Å². The van der Waals surface area contributed by atoms with Gasteiger partial charge in [0, 0.05) is 16.5 Å². The summed E-state index contributed by atoms with van der Waals surface area (Å²) in [6.45, 7) is 6.31. The fourth-order valence-electron chi connectivity index (χ4n) is 2.54. The molecule has 24 heavy (non-hydrogen) atoms. The second kappa shape index (κ2) is 7.05. The van der Waals surface area contributed by atoms with Gasteiger partial charge in [0.25, 0.3) is 0 Å². The Bertz CT molecular complexity index is 828. The molecule has 2 N–H and O–H groups in total. The first-order chi connectivity index (χ1) is 11.6. The zero-order valence-corrected chi connectivity index (χ0v) is 15.0. The Morgan fingerprint density at radius 3 is 2.75 bits per heavy atom. The van der Waals surface area contributed by atoms with Crippen LogP contribution in [0.2, 0.25) is 0 Å². The van der Waals surface area contributed by atoms with E-state index in [0.29, 0.717) is 6.04 Å². The third-order valence-corrected chi connectivity index (χ3v) is 4.98. The zero-order chi connectivity index (χ0) is 17.1. The predicted octanol–water partition coefficient (Wildman–Crippen LogP) is 5.70. The highest BCUT2D eigenvalue weighted by atomic mass is 32.1. The van der Waals surface area contributed by atoms with Crippen molar-refractivity contribution in [2.45, 2.75) is 33.2 Å². The molecule has 0 saturated carbocycles. The number of phenols is 1. The number of thiophene rings is 1. The van der Waals surface area contributed by atoms with Crippen LogP contribution >= 0.6 is 11.3 Å². The van der Waals surface area contributed by atoms with Gasteiger partial charge in [-0.1, -0.05) is 24.6 Å². The number of hydrogen-bond donors (Lipinski definition) is 2. The number of aromatic hydroxyl groups is 1. The van der Waals surface area contributed by atoms with Gasteiger partial charge in [0.15, 0.2) is 0 Å². The first-order valence-corrected chi connectivity index (χ1v) is 9.07. The molecule has 0 spiro atoms. The molecule has 1 aromatic carbocycles. The van der Waals surface area contributed by atoms with Crippen molar-refractivity contribution in [2.24, 2.45) is 0 Å². The highest BCUT2D eigenvalue weighted by Crippen LogP contribution is 2.34. The number of nitrogens with zero attached hydrogens (tertiary/aromatic N) is 1. The minimum Gasteiger partial charge on any atom is -0.507 e. The standard InChI is InChI=1S/C20H22N2OS/c1-4-14(3)21-20-12-15(19-6-5-9-24-19)11-17(22-20)16-10-13(2)7-8-18(16)23/h5-12,14,23H,4H2,1-3H3,(H,21,22). The molecule has 0 bridgehead atoms. The van der Waals surface area contributed by atoms with E-state index in [0.717, 1.165) is 34.6 Å². The van der Waals surface area contributed by atoms with Crippen molar-refractivity contribution in [1.82, 2.24) is 4.98 Å². The molecule has 0 radical (unpaired) electrons. The number of rotatable bonds is 5. The monoisotopic (exact) mass is 338 g/mol. The van der Waals surface area contributed by atoms with Crippen molar-refractivity contribution in [3.05, 3.63) is 53.4 Å². The van der Waals surface area contributed by atoms with Gasteiger partial charge in [0.2, 0.25) is 0 Å². The van der Waals surface area contributed by atoms with Crippen molar-refractivity contribution < 1.29 is 5.11 Å². The Morgan fingerprint density at radius 1 is 1.21 bits per heavy atom. The van der Waals surface area contributed by atoms with Crippen LogP contribution in [0.5, 0.6) is 5.75 Å². The number of hydrogen-bond acceptors (Lipinski definition) is 4. The van der Waals surface area contributed by atoms with Gasteiger partial charge in [-0.2, -0.15) is 0 Å². The number of pyridine rings is 1. The van der Waals surface area contributed by atoms with Gasteiger partial charge in [-0.05, 0) is 61.5 Å². The topological polar surface area (TPSA) is 45.1 Å². The molecule has 0 amide bonds. The Hall–Kier alpha value is -2.33. The van der Waals surface area contributed by atoms with Gasteiger partial charge in [0.1, 0.15) is 11.6 Å². The summed E-state index contributed by atoms with van der Waals surface area (Å²) in [7, 11) is 0. The maximum atomic E-state index is 10.3. The highest BCUT2D eigenvalue weighted by Gasteiger charge is 2.12. The lowest BCUT2D eigenvalue weighted by Gasteiger charge is -2.15. The van der Waals surface area contributed by atoms with Gasteiger partial charge in [-0.3, -0.25) is 0 Å². The summed E-state index contributed by atoms with van der Waals surface area (Å²) in [5.41, 5.74) is 3.76. The quantitative estimate of drug-likeness (QED) is 0.627. The van der Waals surface area contributed by atoms with Crippen molar-refractivity contribution in [3.8, 4) is 27.4 Å². The van der Waals surface area contributed by atoms with Gasteiger partial charge in [-0.25, -0.2) is 4.98 Å². The van der Waals surface area contributed by atoms with Crippen LogP contribution in [0.1, 0.15) is 25.8 Å². The number of benzene rings is 1. The van der Waals surface area contributed by atoms with E-state index in [1.165, 1.54) is 4.88 Å². The average molecular weight is 338 g/mol. The first-order valence-electron chi connectivity index (χ1n) is 8.19. The smallest absolute Gasteiger partial charge is 0.127 e. The summed E-state index contributed by atoms with van der Waals surface area (Å²) in [6.07, 6.45) is 1.02. The summed E-state index contributed by atoms with van der Waals surface area (Å²) < 4.78 is 0. The van der Waals surface area contributed by atoms with Gasteiger partial charge in [-0.15, -0.1) is 11.3 Å². The van der Waals surface area contributed by atoms with Crippen LogP contribution in [0.4, 0.5) is 5.82 Å². The Balaban J connectivity index is 2.12. The summed E-state index contributed by atoms with van der Waals surface area (Å²) in [4.78, 5) is 5.93. The van der Waals surface area contributed by atoms with Crippen LogP contribution in [0.3, 0.4) is 0 Å². The van der Waals surface area contributed by atoms with Gasteiger partial charge < -0.3 is 10.4 Å². The van der Waals surface area contributed by atoms with Crippen LogP contribution in [-0.4, -0.2) is 16.1 Å². The van der Waals surface area contributed by atoms with E-state index in [1.54, 1.807) is 17.4 Å². The Kier molecular flexibility index (Phi) is 4.86. The summed E-state index contributed by atoms with van der Waals surface area (Å²) in [5.74, 6) is 1.09. The molecule has 2 aromatic heterocycles. The normalized spacial score (nSPS) is 12.1. The van der Waals surface area contributed by atoms with E-state index < -0.39 is 0 Å². The van der Waals surface area contributed by atoms with E-state index in [2.05, 4.69) is 36.7 Å². The van der Waals surface area contributed by atoms with E-state index >= 15 is 0 Å². The van der Waals surface area contributed by atoms with Gasteiger partial charge in [0.05, 0.1) is 5.69 Å². The second-order valence-corrected chi connectivity index (χ2v) is 7.03. The number of aromatic nitrogens is 1. The van der Waals surface area contributed by atoms with Crippen molar-refractivity contribution in [1.29, 1.82) is 0 Å². The largest absolute Gasteiger partial charge is 0.507 e. The predicted molar refractivity (Wildman–Crippen MR) is 103 cm³/mol. The lowest BCUT2D eigenvalue weighted by atomic mass is 10.0. The third-order valence-electron chi connectivity index (χ3n) is 4.07. The summed E-state index contributed by atoms with van der Waals surface area (Å²) in [5, 5.41) is 15.8. The first kappa shape index (κ1) is 16.5. The van der Waals surface area contributed by atoms with Crippen molar-refractivity contribution in [2.75, 3.05) is 5.32 Å². The fourth-order valence-corrected chi connectivity index (χ4v) is 3.25. The van der Waals surface area contributed by atoms with E-state index in [-0.39, 0.29) is 5.75 Å². The molecule has 3 rings (SSSR count). The van der Waals surface area contributed by atoms with Crippen molar-refractivity contribution >= 4 is 17.2 Å². The Morgan fingerprint density at radius 2 is 2.04 bits per heavy atom. The highest BCUT2D eigenvalue weighted by molar-refractivity contribution is 7.13. The Labute approximate surface area is 147 Å². The molecule has 0 aliphatic heterocycles. The van der Waals surface area contributed by atoms with Crippen LogP contribution in [0.25, 0.3) is 21.7 Å². The van der Waals surface area contributed by atoms with Crippen molar-refractivity contribution in [3.63, 3.8) is 0 Å². The molecular weight excluding hydrogens is 316 g/mol. The third kappa shape index (κ3) is 3.60. The number of anilines is 1. The second-order valence-electron chi connectivity index (χ2n) is 6.08. The lowest BCUT2D eigenvalue weighted by Crippen LogP contribution is -2.14. The maximum absolute atomic E-state index is 10.3. The molecule has 124 valence electrons. The van der Waals surface area contributed by atoms with Crippen LogP contribution in [0, 0.1) is 6.92 Å². The van der Waals surface area contributed by atoms with Crippen LogP contribution in [0.15, 0.2) is 47.8 Å². The lowest BCUT2D eigenvalue weighted by molar-refractivity contribution is 0.477. The molecular formula is C20H22N2OS. The molecule has 0 fully saturated rings. The van der Waals surface area contributed by atoms with E-state index in [9.17, 15) is 5.11 Å². The zero-order valence-electron chi connectivity index (χ0n) is 14.2. The SMILES string of the molecule is CCC(C)Nc1cc(-c2cccs2)cc(-c2cc(C)ccc2O)n1. The molecule has 1 unspecified atom stereocenters. The fraction of sp³-hybridized carbons (Fsp3) is 0.250. The number of phenolic OH excluding ortho intramolecular Hbond substituents is 1. The van der Waals surface area contributed by atoms with Gasteiger partial charge >= 0.3 is 0 Å². The van der Waals surface area contributed by atoms with E-state index in [1.807, 2.05) is 31.2 Å². The maximum Gasteiger partial charge on any atom is 0.127 e. The molecule has 2 heterocycles. The minimum atomic E-state index is 0.255. The molecule has 0 aliphatic rings. The molecule has 3 aromatic rings. The molecule has 3 nitrogen and oxygen atoms in total. The summed E-state index contributed by atoms with van der Waals surface area (Å²) in [6, 6.07) is 14.2. The average Bonchev–Trinajstić information content (AvgIpc) is 3.11. The van der Waals surface area contributed by atoms with E-state index in [4.69, 9.17) is 4.98 Å². The number of aryl methyl sites for hydroxylation is 1. The molecule has 4 heteroatoms. The molecule has 0 saturated heterocycles. The van der Waals surface area contributed by atoms with Crippen LogP contribution < -0.4 is 5.32 Å². The minimum absolute atomic E-state index is 0.255.